The van der Waals surface area contributed by atoms with Crippen LogP contribution in [0.4, 0.5) is 0 Å². The first-order chi connectivity index (χ1) is 8.37. The van der Waals surface area contributed by atoms with Crippen LogP contribution < -0.4 is 0 Å². The van der Waals surface area contributed by atoms with Gasteiger partial charge in [-0.25, -0.2) is 0 Å². The van der Waals surface area contributed by atoms with Gasteiger partial charge in [-0.2, -0.15) is 0 Å². The van der Waals surface area contributed by atoms with Gasteiger partial charge in [0.25, 0.3) is 0 Å². The van der Waals surface area contributed by atoms with Crippen LogP contribution in [0.2, 0.25) is 0 Å². The van der Waals surface area contributed by atoms with Crippen molar-refractivity contribution in [3.05, 3.63) is 23.0 Å². The van der Waals surface area contributed by atoms with Gasteiger partial charge in [0.2, 0.25) is 0 Å². The highest BCUT2D eigenvalue weighted by Crippen LogP contribution is 2.62. The van der Waals surface area contributed by atoms with Crippen LogP contribution in [-0.2, 0) is 9.47 Å². The van der Waals surface area contributed by atoms with Gasteiger partial charge in [0.1, 0.15) is 6.10 Å². The molecule has 2 heteroatoms. The summed E-state index contributed by atoms with van der Waals surface area (Å²) in [5.74, 6) is 0.654. The highest BCUT2D eigenvalue weighted by atomic mass is 16.7. The van der Waals surface area contributed by atoms with Crippen molar-refractivity contribution in [2.45, 2.75) is 53.6 Å². The maximum atomic E-state index is 5.92. The first-order valence-electron chi connectivity index (χ1n) is 7.03. The van der Waals surface area contributed by atoms with Gasteiger partial charge in [0.15, 0.2) is 6.79 Å². The Morgan fingerprint density at radius 3 is 2.56 bits per heavy atom. The molecule has 0 fully saturated rings. The minimum atomic E-state index is 0.182. The third-order valence-corrected chi connectivity index (χ3v) is 5.76. The fourth-order valence-corrected chi connectivity index (χ4v) is 4.23. The summed E-state index contributed by atoms with van der Waals surface area (Å²) in [5, 5.41) is 0. The molecule has 0 spiro atoms. The van der Waals surface area contributed by atoms with Crippen molar-refractivity contribution in [3.63, 3.8) is 0 Å². The summed E-state index contributed by atoms with van der Waals surface area (Å²) in [6, 6.07) is 0. The van der Waals surface area contributed by atoms with E-state index < -0.39 is 0 Å². The Bertz CT molecular complexity index is 440. The number of hydrogen-bond donors (Lipinski definition) is 0. The van der Waals surface area contributed by atoms with E-state index in [2.05, 4.69) is 34.6 Å². The largest absolute Gasteiger partial charge is 0.475 e. The maximum Gasteiger partial charge on any atom is 0.189 e. The van der Waals surface area contributed by atoms with Crippen LogP contribution in [0.3, 0.4) is 0 Å². The van der Waals surface area contributed by atoms with E-state index in [0.29, 0.717) is 18.1 Å². The second kappa shape index (κ2) is 3.63. The molecule has 2 atom stereocenters. The van der Waals surface area contributed by atoms with E-state index in [1.807, 2.05) is 6.26 Å². The average molecular weight is 248 g/mol. The summed E-state index contributed by atoms with van der Waals surface area (Å²) < 4.78 is 11.3. The predicted molar refractivity (Wildman–Crippen MR) is 71.9 cm³/mol. The lowest BCUT2D eigenvalue weighted by atomic mass is 9.69. The SMILES string of the molecule is CC1C(C)(C)C2=C(C3OCOC=C3CC2)C1(C)C. The van der Waals surface area contributed by atoms with Crippen LogP contribution in [-0.4, -0.2) is 12.9 Å². The number of ether oxygens (including phenoxy) is 2. The molecular formula is C16H24O2. The average Bonchev–Trinajstić information content (AvgIpc) is 2.48. The fraction of sp³-hybridized carbons (Fsp3) is 0.750. The standard InChI is InChI=1S/C16H24O2/c1-10-15(2,3)12-7-6-11-8-17-9-18-14(11)13(12)16(10,4)5/h8,10,14H,6-7,9H2,1-5H3. The molecule has 2 aliphatic carbocycles. The van der Waals surface area contributed by atoms with E-state index >= 15 is 0 Å². The Balaban J connectivity index is 2.14. The first kappa shape index (κ1) is 12.3. The van der Waals surface area contributed by atoms with E-state index in [4.69, 9.17) is 9.47 Å². The molecule has 0 saturated carbocycles. The summed E-state index contributed by atoms with van der Waals surface area (Å²) in [4.78, 5) is 0. The van der Waals surface area contributed by atoms with E-state index in [0.717, 1.165) is 6.42 Å². The Labute approximate surface area is 110 Å². The smallest absolute Gasteiger partial charge is 0.189 e. The van der Waals surface area contributed by atoms with Crippen LogP contribution >= 0.6 is 0 Å². The second-order valence-electron chi connectivity index (χ2n) is 7.08. The molecule has 3 rings (SSSR count). The molecular weight excluding hydrogens is 224 g/mol. The van der Waals surface area contributed by atoms with E-state index in [1.165, 1.54) is 12.0 Å². The number of hydrogen-bond acceptors (Lipinski definition) is 2. The monoisotopic (exact) mass is 248 g/mol. The Morgan fingerprint density at radius 1 is 1.11 bits per heavy atom. The lowest BCUT2D eigenvalue weighted by molar-refractivity contribution is -0.0598. The molecule has 100 valence electrons. The molecule has 0 aromatic rings. The van der Waals surface area contributed by atoms with Crippen LogP contribution in [0.5, 0.6) is 0 Å². The summed E-state index contributed by atoms with van der Waals surface area (Å²) in [7, 11) is 0. The van der Waals surface area contributed by atoms with Crippen molar-refractivity contribution < 1.29 is 9.47 Å². The molecule has 0 radical (unpaired) electrons. The van der Waals surface area contributed by atoms with E-state index in [-0.39, 0.29) is 11.5 Å². The molecule has 2 unspecified atom stereocenters. The zero-order valence-electron chi connectivity index (χ0n) is 12.2. The van der Waals surface area contributed by atoms with Gasteiger partial charge < -0.3 is 9.47 Å². The molecule has 0 N–H and O–H groups in total. The molecule has 0 amide bonds. The number of allylic oxidation sites excluding steroid dienone is 1. The zero-order chi connectivity index (χ0) is 13.1. The van der Waals surface area contributed by atoms with Gasteiger partial charge in [0, 0.05) is 0 Å². The van der Waals surface area contributed by atoms with Crippen LogP contribution in [0.25, 0.3) is 0 Å². The number of fused-ring (bicyclic) bond motifs is 2. The maximum absolute atomic E-state index is 5.92. The molecule has 0 saturated heterocycles. The van der Waals surface area contributed by atoms with Crippen molar-refractivity contribution in [1.29, 1.82) is 0 Å². The molecule has 0 bridgehead atoms. The number of rotatable bonds is 0. The topological polar surface area (TPSA) is 18.5 Å². The zero-order valence-corrected chi connectivity index (χ0v) is 12.2. The van der Waals surface area contributed by atoms with E-state index in [9.17, 15) is 0 Å². The van der Waals surface area contributed by atoms with Gasteiger partial charge in [0.05, 0.1) is 6.26 Å². The Hall–Kier alpha value is -0.760. The minimum absolute atomic E-state index is 0.182. The molecule has 0 aromatic carbocycles. The van der Waals surface area contributed by atoms with Crippen molar-refractivity contribution in [3.8, 4) is 0 Å². The summed E-state index contributed by atoms with van der Waals surface area (Å²) in [6.45, 7) is 12.3. The normalized spacial score (nSPS) is 36.6. The third-order valence-electron chi connectivity index (χ3n) is 5.76. The van der Waals surface area contributed by atoms with Crippen LogP contribution in [0.15, 0.2) is 23.0 Å². The first-order valence-corrected chi connectivity index (χ1v) is 7.03. The quantitative estimate of drug-likeness (QED) is 0.602. The summed E-state index contributed by atoms with van der Waals surface area (Å²) >= 11 is 0. The fourth-order valence-electron chi connectivity index (χ4n) is 4.23. The lowest BCUT2D eigenvalue weighted by Crippen LogP contribution is -2.34. The molecule has 2 nitrogen and oxygen atoms in total. The third kappa shape index (κ3) is 1.38. The van der Waals surface area contributed by atoms with Gasteiger partial charge in [-0.1, -0.05) is 40.2 Å². The van der Waals surface area contributed by atoms with Gasteiger partial charge in [-0.3, -0.25) is 0 Å². The summed E-state index contributed by atoms with van der Waals surface area (Å²) in [5.41, 5.74) is 5.04. The van der Waals surface area contributed by atoms with E-state index in [1.54, 1.807) is 11.1 Å². The Kier molecular flexibility index (Phi) is 2.48. The highest BCUT2D eigenvalue weighted by molar-refractivity contribution is 5.45. The Morgan fingerprint density at radius 2 is 1.83 bits per heavy atom. The second-order valence-corrected chi connectivity index (χ2v) is 7.08. The highest BCUT2D eigenvalue weighted by Gasteiger charge is 2.54. The van der Waals surface area contributed by atoms with Crippen molar-refractivity contribution >= 4 is 0 Å². The van der Waals surface area contributed by atoms with Gasteiger partial charge in [-0.05, 0) is 40.7 Å². The minimum Gasteiger partial charge on any atom is -0.475 e. The van der Waals surface area contributed by atoms with Crippen molar-refractivity contribution in [2.75, 3.05) is 6.79 Å². The molecule has 0 aromatic heterocycles. The molecule has 18 heavy (non-hydrogen) atoms. The predicted octanol–water partition coefficient (Wildman–Crippen LogP) is 4.04. The van der Waals surface area contributed by atoms with Crippen LogP contribution in [0, 0.1) is 16.7 Å². The van der Waals surface area contributed by atoms with Gasteiger partial charge in [-0.15, -0.1) is 0 Å². The van der Waals surface area contributed by atoms with Gasteiger partial charge >= 0.3 is 0 Å². The van der Waals surface area contributed by atoms with Crippen LogP contribution in [0.1, 0.15) is 47.5 Å². The summed E-state index contributed by atoms with van der Waals surface area (Å²) in [6.07, 6.45) is 4.38. The molecule has 3 aliphatic rings. The van der Waals surface area contributed by atoms with Crippen molar-refractivity contribution in [1.82, 2.24) is 0 Å². The molecule has 1 heterocycles. The van der Waals surface area contributed by atoms with Crippen molar-refractivity contribution in [2.24, 2.45) is 16.7 Å². The molecule has 1 aliphatic heterocycles. The lowest BCUT2D eigenvalue weighted by Gasteiger charge is -2.38.